The number of imide groups is 2. The van der Waals surface area contributed by atoms with Crippen LogP contribution in [-0.2, 0) is 16.2 Å². The molecular weight excluding hydrogens is 527 g/mol. The highest BCUT2D eigenvalue weighted by Crippen LogP contribution is 2.29. The molecule has 6 nitrogen and oxygen atoms in total. The van der Waals surface area contributed by atoms with E-state index in [0.717, 1.165) is 33.4 Å². The number of carbonyl (C=O) groups is 3. The minimum atomic E-state index is -0.907. The van der Waals surface area contributed by atoms with Gasteiger partial charge in [0, 0.05) is 10.0 Å². The maximum atomic E-state index is 13.4. The Bertz CT molecular complexity index is 1540. The van der Waals surface area contributed by atoms with Crippen LogP contribution < -0.4 is 15.0 Å². The van der Waals surface area contributed by atoms with Crippen LogP contribution >= 0.6 is 15.9 Å². The topological polar surface area (TPSA) is 75.7 Å². The fourth-order valence-corrected chi connectivity index (χ4v) is 4.35. The number of hydrogen-bond acceptors (Lipinski definition) is 4. The summed E-state index contributed by atoms with van der Waals surface area (Å²) in [6.45, 7) is 0.263. The molecule has 0 aromatic heterocycles. The number of benzene rings is 4. The van der Waals surface area contributed by atoms with E-state index in [0.29, 0.717) is 15.8 Å². The molecule has 1 heterocycles. The molecule has 0 aliphatic carbocycles. The van der Waals surface area contributed by atoms with Gasteiger partial charge in [0.2, 0.25) is 0 Å². The molecule has 1 saturated heterocycles. The molecule has 4 aromatic carbocycles. The summed E-state index contributed by atoms with van der Waals surface area (Å²) in [6.07, 6.45) is 1.38. The molecule has 1 fully saturated rings. The Hall–Kier alpha value is -4.30. The molecule has 0 saturated carbocycles. The zero-order chi connectivity index (χ0) is 25.2. The maximum absolute atomic E-state index is 13.4. The number of halogens is 2. The molecule has 5 rings (SSSR count). The second-order valence-corrected chi connectivity index (χ2v) is 8.96. The number of hydrogen-bond donors (Lipinski definition) is 1. The van der Waals surface area contributed by atoms with Crippen LogP contribution in [0.5, 0.6) is 5.75 Å². The van der Waals surface area contributed by atoms with Crippen LogP contribution in [0.4, 0.5) is 14.9 Å². The minimum absolute atomic E-state index is 0.138. The number of carbonyl (C=O) groups excluding carboxylic acids is 3. The third-order valence-electron chi connectivity index (χ3n) is 5.72. The van der Waals surface area contributed by atoms with Crippen LogP contribution in [0.1, 0.15) is 11.1 Å². The fraction of sp³-hybridized carbons (Fsp3) is 0.0357. The van der Waals surface area contributed by atoms with Gasteiger partial charge in [0.25, 0.3) is 11.8 Å². The number of anilines is 1. The van der Waals surface area contributed by atoms with Crippen LogP contribution in [0.2, 0.25) is 0 Å². The molecular formula is C28H18BrFN2O4. The summed E-state index contributed by atoms with van der Waals surface area (Å²) in [5.41, 5.74) is 1.33. The number of barbiturate groups is 1. The third kappa shape index (κ3) is 4.63. The zero-order valence-corrected chi connectivity index (χ0v) is 20.3. The summed E-state index contributed by atoms with van der Waals surface area (Å²) in [7, 11) is 0. The van der Waals surface area contributed by atoms with Crippen molar-refractivity contribution in [2.24, 2.45) is 0 Å². The maximum Gasteiger partial charge on any atom is 0.335 e. The van der Waals surface area contributed by atoms with Crippen LogP contribution in [0, 0.1) is 5.82 Å². The van der Waals surface area contributed by atoms with Gasteiger partial charge in [-0.15, -0.1) is 0 Å². The molecule has 0 atom stereocenters. The molecule has 1 aliphatic heterocycles. The SMILES string of the molecule is O=C1NC(=O)N(c2ccc(F)cc2)C(=O)/C1=C/c1cc(Br)ccc1OCc1cccc2ccccc12. The van der Waals surface area contributed by atoms with Gasteiger partial charge >= 0.3 is 6.03 Å². The smallest absolute Gasteiger partial charge is 0.335 e. The van der Waals surface area contributed by atoms with Crippen molar-refractivity contribution in [2.45, 2.75) is 6.61 Å². The van der Waals surface area contributed by atoms with Crippen LogP contribution in [0.15, 0.2) is 95.0 Å². The van der Waals surface area contributed by atoms with Gasteiger partial charge in [0.15, 0.2) is 0 Å². The van der Waals surface area contributed by atoms with Crippen molar-refractivity contribution in [3.63, 3.8) is 0 Å². The van der Waals surface area contributed by atoms with Crippen LogP contribution in [-0.4, -0.2) is 17.8 Å². The molecule has 1 N–H and O–H groups in total. The minimum Gasteiger partial charge on any atom is -0.488 e. The normalized spacial score (nSPS) is 14.9. The van der Waals surface area contributed by atoms with Crippen LogP contribution in [0.25, 0.3) is 16.8 Å². The van der Waals surface area contributed by atoms with E-state index in [1.54, 1.807) is 18.2 Å². The Morgan fingerprint density at radius 1 is 0.917 bits per heavy atom. The molecule has 0 radical (unpaired) electrons. The van der Waals surface area contributed by atoms with Crippen molar-refractivity contribution < 1.29 is 23.5 Å². The van der Waals surface area contributed by atoms with E-state index in [-0.39, 0.29) is 17.9 Å². The van der Waals surface area contributed by atoms with E-state index in [4.69, 9.17) is 4.74 Å². The molecule has 0 spiro atoms. The van der Waals surface area contributed by atoms with Gasteiger partial charge in [0.1, 0.15) is 23.7 Å². The largest absolute Gasteiger partial charge is 0.488 e. The second-order valence-electron chi connectivity index (χ2n) is 8.04. The highest BCUT2D eigenvalue weighted by atomic mass is 79.9. The third-order valence-corrected chi connectivity index (χ3v) is 6.21. The van der Waals surface area contributed by atoms with E-state index >= 15 is 0 Å². The van der Waals surface area contributed by atoms with Gasteiger partial charge in [-0.05, 0) is 64.9 Å². The van der Waals surface area contributed by atoms with Gasteiger partial charge in [-0.3, -0.25) is 14.9 Å². The van der Waals surface area contributed by atoms with Gasteiger partial charge in [0.05, 0.1) is 5.69 Å². The first-order valence-corrected chi connectivity index (χ1v) is 11.8. The number of nitrogens with one attached hydrogen (secondary N) is 1. The van der Waals surface area contributed by atoms with Crippen molar-refractivity contribution in [2.75, 3.05) is 4.90 Å². The van der Waals surface area contributed by atoms with E-state index in [1.807, 2.05) is 42.5 Å². The van der Waals surface area contributed by atoms with E-state index in [1.165, 1.54) is 18.2 Å². The number of nitrogens with zero attached hydrogens (tertiary/aromatic N) is 1. The standard InChI is InChI=1S/C28H18BrFN2O4/c29-20-8-13-25(36-16-18-6-3-5-17-4-1-2-7-23(17)18)19(14-20)15-24-26(33)31-28(35)32(27(24)34)22-11-9-21(30)10-12-22/h1-15H,16H2,(H,31,33,35)/b24-15+. The first-order chi connectivity index (χ1) is 17.4. The molecule has 8 heteroatoms. The van der Waals surface area contributed by atoms with Crippen molar-refractivity contribution in [3.8, 4) is 5.75 Å². The number of amides is 4. The number of fused-ring (bicyclic) bond motifs is 1. The molecule has 36 heavy (non-hydrogen) atoms. The van der Waals surface area contributed by atoms with Gasteiger partial charge in [-0.1, -0.05) is 58.4 Å². The van der Waals surface area contributed by atoms with Crippen molar-refractivity contribution >= 4 is 56.3 Å². The lowest BCUT2D eigenvalue weighted by Crippen LogP contribution is -2.54. The Morgan fingerprint density at radius 2 is 1.67 bits per heavy atom. The lowest BCUT2D eigenvalue weighted by molar-refractivity contribution is -0.122. The Kier molecular flexibility index (Phi) is 6.35. The summed E-state index contributed by atoms with van der Waals surface area (Å²) in [4.78, 5) is 39.0. The molecule has 4 aromatic rings. The molecule has 0 unspecified atom stereocenters. The lowest BCUT2D eigenvalue weighted by Gasteiger charge is -2.26. The number of urea groups is 1. The summed E-state index contributed by atoms with van der Waals surface area (Å²) >= 11 is 3.41. The van der Waals surface area contributed by atoms with Gasteiger partial charge in [-0.25, -0.2) is 14.1 Å². The molecule has 1 aliphatic rings. The van der Waals surface area contributed by atoms with Crippen LogP contribution in [0.3, 0.4) is 0 Å². The highest BCUT2D eigenvalue weighted by molar-refractivity contribution is 9.10. The lowest BCUT2D eigenvalue weighted by atomic mass is 10.0. The van der Waals surface area contributed by atoms with E-state index in [2.05, 4.69) is 21.2 Å². The Labute approximate surface area is 214 Å². The predicted molar refractivity (Wildman–Crippen MR) is 138 cm³/mol. The van der Waals surface area contributed by atoms with Crippen molar-refractivity contribution in [1.29, 1.82) is 0 Å². The average Bonchev–Trinajstić information content (AvgIpc) is 2.87. The number of ether oxygens (including phenoxy) is 1. The van der Waals surface area contributed by atoms with E-state index < -0.39 is 23.7 Å². The molecule has 0 bridgehead atoms. The predicted octanol–water partition coefficient (Wildman–Crippen LogP) is 5.99. The second kappa shape index (κ2) is 9.75. The Morgan fingerprint density at radius 3 is 2.47 bits per heavy atom. The number of rotatable bonds is 5. The van der Waals surface area contributed by atoms with Crippen molar-refractivity contribution in [3.05, 3.63) is 112 Å². The highest BCUT2D eigenvalue weighted by Gasteiger charge is 2.37. The average molecular weight is 545 g/mol. The van der Waals surface area contributed by atoms with Crippen molar-refractivity contribution in [1.82, 2.24) is 5.32 Å². The zero-order valence-electron chi connectivity index (χ0n) is 18.7. The summed E-state index contributed by atoms with van der Waals surface area (Å²) in [5.74, 6) is -1.72. The fourth-order valence-electron chi connectivity index (χ4n) is 3.98. The Balaban J connectivity index is 1.48. The van der Waals surface area contributed by atoms with Gasteiger partial charge in [-0.2, -0.15) is 0 Å². The molecule has 178 valence electrons. The quantitative estimate of drug-likeness (QED) is 0.247. The summed E-state index contributed by atoms with van der Waals surface area (Å²) in [6, 6.07) is 23.1. The molecule has 4 amide bonds. The van der Waals surface area contributed by atoms with E-state index in [9.17, 15) is 18.8 Å². The first kappa shape index (κ1) is 23.4. The summed E-state index contributed by atoms with van der Waals surface area (Å²) < 4.78 is 20.2. The first-order valence-electron chi connectivity index (χ1n) is 11.0. The van der Waals surface area contributed by atoms with Gasteiger partial charge < -0.3 is 4.74 Å². The summed E-state index contributed by atoms with van der Waals surface area (Å²) in [5, 5.41) is 4.32. The monoisotopic (exact) mass is 544 g/mol.